The summed E-state index contributed by atoms with van der Waals surface area (Å²) in [7, 11) is 0. The Morgan fingerprint density at radius 2 is 1.88 bits per heavy atom. The quantitative estimate of drug-likeness (QED) is 0.368. The maximum atomic E-state index is 13.0. The molecule has 0 aliphatic rings. The summed E-state index contributed by atoms with van der Waals surface area (Å²) in [6.07, 6.45) is 4.85. The van der Waals surface area contributed by atoms with Crippen LogP contribution in [0.1, 0.15) is 34.2 Å². The highest BCUT2D eigenvalue weighted by Crippen LogP contribution is 2.22. The lowest BCUT2D eigenvalue weighted by Crippen LogP contribution is -2.29. The Balaban J connectivity index is 1.35. The number of benzene rings is 2. The Morgan fingerprint density at radius 1 is 1.03 bits per heavy atom. The van der Waals surface area contributed by atoms with E-state index in [9.17, 15) is 4.79 Å². The summed E-state index contributed by atoms with van der Waals surface area (Å²) >= 11 is 0. The first-order valence-electron chi connectivity index (χ1n) is 10.2. The number of amides is 1. The monoisotopic (exact) mass is 424 g/mol. The number of rotatable bonds is 7. The van der Waals surface area contributed by atoms with Crippen LogP contribution < -0.4 is 5.32 Å². The summed E-state index contributed by atoms with van der Waals surface area (Å²) in [6.45, 7) is 0. The van der Waals surface area contributed by atoms with Crippen LogP contribution in [0.3, 0.4) is 0 Å². The molecule has 32 heavy (non-hydrogen) atoms. The maximum Gasteiger partial charge on any atom is 0.251 e. The maximum absolute atomic E-state index is 13.0. The first-order valence-corrected chi connectivity index (χ1v) is 10.2. The van der Waals surface area contributed by atoms with Gasteiger partial charge in [-0.25, -0.2) is 4.98 Å². The number of carbonyl (C=O) groups is 1. The summed E-state index contributed by atoms with van der Waals surface area (Å²) in [5.41, 5.74) is 4.20. The van der Waals surface area contributed by atoms with E-state index in [1.54, 1.807) is 24.5 Å². The van der Waals surface area contributed by atoms with Gasteiger partial charge in [0, 0.05) is 23.5 Å². The molecular weight excluding hydrogens is 404 g/mol. The van der Waals surface area contributed by atoms with Gasteiger partial charge in [-0.2, -0.15) is 5.21 Å². The number of imidazole rings is 1. The fourth-order valence-electron chi connectivity index (χ4n) is 3.58. The zero-order valence-electron chi connectivity index (χ0n) is 17.1. The normalized spacial score (nSPS) is 12.0. The molecular formula is C23H20N8O. The largest absolute Gasteiger partial charge is 0.342 e. The third-order valence-corrected chi connectivity index (χ3v) is 5.24. The number of nitrogens with one attached hydrogen (secondary N) is 3. The molecule has 3 N–H and O–H groups in total. The Morgan fingerprint density at radius 3 is 2.66 bits per heavy atom. The van der Waals surface area contributed by atoms with E-state index in [0.717, 1.165) is 28.8 Å². The number of carbonyl (C=O) groups excluding carboxylic acids is 1. The molecule has 0 aliphatic heterocycles. The van der Waals surface area contributed by atoms with E-state index in [1.165, 1.54) is 5.56 Å². The first-order chi connectivity index (χ1) is 15.8. The van der Waals surface area contributed by atoms with Crippen LogP contribution in [0.25, 0.3) is 22.4 Å². The number of tetrazole rings is 1. The zero-order valence-corrected chi connectivity index (χ0v) is 17.1. The Labute approximate surface area is 183 Å². The van der Waals surface area contributed by atoms with Crippen LogP contribution in [0, 0.1) is 0 Å². The second-order valence-electron chi connectivity index (χ2n) is 7.37. The predicted molar refractivity (Wildman–Crippen MR) is 118 cm³/mol. The van der Waals surface area contributed by atoms with Crippen LogP contribution in [0.5, 0.6) is 0 Å². The molecule has 0 fully saturated rings. The molecule has 158 valence electrons. The van der Waals surface area contributed by atoms with E-state index in [4.69, 9.17) is 0 Å². The van der Waals surface area contributed by atoms with E-state index in [-0.39, 0.29) is 11.9 Å². The topological polar surface area (TPSA) is 125 Å². The minimum absolute atomic E-state index is 0.213. The number of fused-ring (bicyclic) bond motifs is 1. The number of aromatic amines is 2. The Hall–Kier alpha value is -4.40. The van der Waals surface area contributed by atoms with Crippen molar-refractivity contribution in [3.8, 4) is 11.4 Å². The molecule has 5 aromatic rings. The van der Waals surface area contributed by atoms with Crippen molar-refractivity contribution in [3.63, 3.8) is 0 Å². The van der Waals surface area contributed by atoms with Gasteiger partial charge in [-0.1, -0.05) is 35.5 Å². The van der Waals surface area contributed by atoms with Gasteiger partial charge >= 0.3 is 0 Å². The molecule has 0 radical (unpaired) electrons. The highest BCUT2D eigenvalue weighted by atomic mass is 16.1. The van der Waals surface area contributed by atoms with E-state index >= 15 is 0 Å². The van der Waals surface area contributed by atoms with Crippen LogP contribution in [-0.4, -0.2) is 41.5 Å². The number of pyridine rings is 1. The van der Waals surface area contributed by atoms with Gasteiger partial charge in [0.15, 0.2) is 5.82 Å². The summed E-state index contributed by atoms with van der Waals surface area (Å²) in [5, 5.41) is 17.3. The molecule has 2 aromatic carbocycles. The minimum atomic E-state index is -0.369. The van der Waals surface area contributed by atoms with Gasteiger partial charge in [0.25, 0.3) is 5.91 Å². The molecule has 1 amide bonds. The van der Waals surface area contributed by atoms with Crippen molar-refractivity contribution >= 4 is 16.9 Å². The summed E-state index contributed by atoms with van der Waals surface area (Å²) < 4.78 is 0. The molecule has 9 nitrogen and oxygen atoms in total. The molecule has 3 aromatic heterocycles. The molecule has 0 saturated carbocycles. The lowest BCUT2D eigenvalue weighted by molar-refractivity contribution is 0.0933. The van der Waals surface area contributed by atoms with Gasteiger partial charge in [0.05, 0.1) is 17.1 Å². The second kappa shape index (κ2) is 8.76. The second-order valence-corrected chi connectivity index (χ2v) is 7.37. The molecule has 5 rings (SSSR count). The highest BCUT2D eigenvalue weighted by Gasteiger charge is 2.20. The number of nitrogens with zero attached hydrogens (tertiary/aromatic N) is 5. The lowest BCUT2D eigenvalue weighted by atomic mass is 10.0. The summed E-state index contributed by atoms with van der Waals surface area (Å²) in [4.78, 5) is 25.0. The van der Waals surface area contributed by atoms with Crippen LogP contribution in [-0.2, 0) is 6.42 Å². The van der Waals surface area contributed by atoms with Gasteiger partial charge in [-0.3, -0.25) is 9.78 Å². The summed E-state index contributed by atoms with van der Waals surface area (Å²) in [6, 6.07) is 18.9. The van der Waals surface area contributed by atoms with E-state index in [2.05, 4.69) is 53.0 Å². The fraction of sp³-hybridized carbons (Fsp3) is 0.130. The van der Waals surface area contributed by atoms with Crippen LogP contribution in [0.2, 0.25) is 0 Å². The highest BCUT2D eigenvalue weighted by molar-refractivity contribution is 5.97. The van der Waals surface area contributed by atoms with Crippen LogP contribution in [0.15, 0.2) is 73.1 Å². The molecule has 0 unspecified atom stereocenters. The van der Waals surface area contributed by atoms with Crippen LogP contribution >= 0.6 is 0 Å². The molecule has 3 heterocycles. The average molecular weight is 424 g/mol. The SMILES string of the molecule is O=C(N[C@@H](CCc1ccccc1)c1nn[nH]n1)c1ccc2nc(-c3ccncc3)[nH]c2c1. The zero-order chi connectivity index (χ0) is 21.8. The van der Waals surface area contributed by atoms with Crippen molar-refractivity contribution < 1.29 is 4.79 Å². The van der Waals surface area contributed by atoms with Gasteiger partial charge in [0.1, 0.15) is 5.82 Å². The number of H-pyrrole nitrogens is 2. The third-order valence-electron chi connectivity index (χ3n) is 5.24. The molecule has 1 atom stereocenters. The van der Waals surface area contributed by atoms with Crippen LogP contribution in [0.4, 0.5) is 0 Å². The molecule has 9 heteroatoms. The molecule has 0 bridgehead atoms. The number of hydrogen-bond acceptors (Lipinski definition) is 6. The van der Waals surface area contributed by atoms with Crippen molar-refractivity contribution in [2.24, 2.45) is 0 Å². The molecule has 0 spiro atoms. The smallest absolute Gasteiger partial charge is 0.251 e. The van der Waals surface area contributed by atoms with Crippen molar-refractivity contribution in [1.29, 1.82) is 0 Å². The lowest BCUT2D eigenvalue weighted by Gasteiger charge is -2.15. The minimum Gasteiger partial charge on any atom is -0.342 e. The van der Waals surface area contributed by atoms with Gasteiger partial charge < -0.3 is 10.3 Å². The standard InChI is InChI=1S/C23H20N8O/c32-23(27-19(22-28-30-31-29-22)8-6-15-4-2-1-3-5-15)17-7-9-18-20(14-17)26-21(25-18)16-10-12-24-13-11-16/h1-5,7,9-14,19H,6,8H2,(H,25,26)(H,27,32)(H,28,29,30,31)/t19-/m0/s1. The fourth-order valence-corrected chi connectivity index (χ4v) is 3.58. The molecule has 0 saturated heterocycles. The van der Waals surface area contributed by atoms with Gasteiger partial charge in [0.2, 0.25) is 0 Å². The van der Waals surface area contributed by atoms with Crippen molar-refractivity contribution in [3.05, 3.63) is 90.0 Å². The molecule has 0 aliphatic carbocycles. The Bertz CT molecular complexity index is 1320. The third kappa shape index (κ3) is 4.22. The predicted octanol–water partition coefficient (Wildman–Crippen LogP) is 3.24. The van der Waals surface area contributed by atoms with E-state index in [0.29, 0.717) is 17.8 Å². The van der Waals surface area contributed by atoms with Gasteiger partial charge in [-0.05, 0) is 48.7 Å². The van der Waals surface area contributed by atoms with Gasteiger partial charge in [-0.15, -0.1) is 10.2 Å². The van der Waals surface area contributed by atoms with Crippen molar-refractivity contribution in [2.45, 2.75) is 18.9 Å². The first kappa shape index (κ1) is 19.6. The van der Waals surface area contributed by atoms with E-state index < -0.39 is 0 Å². The number of aryl methyl sites for hydroxylation is 1. The number of aromatic nitrogens is 7. The van der Waals surface area contributed by atoms with E-state index in [1.807, 2.05) is 36.4 Å². The summed E-state index contributed by atoms with van der Waals surface area (Å²) in [5.74, 6) is 0.971. The van der Waals surface area contributed by atoms with Crippen molar-refractivity contribution in [1.82, 2.24) is 40.9 Å². The Kier molecular flexibility index (Phi) is 5.36. The van der Waals surface area contributed by atoms with Crippen molar-refractivity contribution in [2.75, 3.05) is 0 Å². The average Bonchev–Trinajstić information content (AvgIpc) is 3.52. The number of hydrogen-bond donors (Lipinski definition) is 3.